The fraction of sp³-hybridized carbons (Fsp3) is 0.854. The molecule has 1 amide bonds. The number of rotatable bonds is 43. The molecule has 57 heavy (non-hydrogen) atoms. The Morgan fingerprint density at radius 1 is 0.596 bits per heavy atom. The number of likely N-dealkylation sites (N-methyl/N-ethyl adjacent to an activating group) is 1. The average molecular weight is 825 g/mol. The second kappa shape index (κ2) is 40.1. The number of aliphatic hydroxyl groups is 1. The minimum absolute atomic E-state index is 0.00778. The molecule has 0 aliphatic heterocycles. The van der Waals surface area contributed by atoms with Crippen molar-refractivity contribution in [1.29, 1.82) is 0 Å². The predicted molar refractivity (Wildman–Crippen MR) is 242 cm³/mol. The molecule has 0 fully saturated rings. The van der Waals surface area contributed by atoms with Gasteiger partial charge in [-0.15, -0.1) is 0 Å². The molecule has 0 saturated carbocycles. The highest BCUT2D eigenvalue weighted by atomic mass is 31.2. The zero-order chi connectivity index (χ0) is 42.1. The van der Waals surface area contributed by atoms with E-state index in [1.807, 2.05) is 27.2 Å². The van der Waals surface area contributed by atoms with E-state index >= 15 is 0 Å². The van der Waals surface area contributed by atoms with Crippen LogP contribution in [0.3, 0.4) is 0 Å². The molecule has 0 heterocycles. The van der Waals surface area contributed by atoms with E-state index < -0.39 is 26.6 Å². The second-order valence-electron chi connectivity index (χ2n) is 17.5. The van der Waals surface area contributed by atoms with Crippen LogP contribution < -0.4 is 10.2 Å². The Morgan fingerprint density at radius 3 is 1.42 bits per heavy atom. The van der Waals surface area contributed by atoms with Gasteiger partial charge < -0.3 is 28.8 Å². The average Bonchev–Trinajstić information content (AvgIpc) is 3.16. The summed E-state index contributed by atoms with van der Waals surface area (Å²) in [5, 5.41) is 13.8. The number of carbonyl (C=O) groups is 1. The van der Waals surface area contributed by atoms with Crippen LogP contribution in [0.1, 0.15) is 213 Å². The highest BCUT2D eigenvalue weighted by Crippen LogP contribution is 2.38. The minimum Gasteiger partial charge on any atom is -0.756 e. The lowest BCUT2D eigenvalue weighted by Crippen LogP contribution is -2.45. The Hall–Kier alpha value is -1.28. The maximum atomic E-state index is 12.9. The van der Waals surface area contributed by atoms with E-state index in [1.54, 1.807) is 6.08 Å². The summed E-state index contributed by atoms with van der Waals surface area (Å²) in [5.41, 5.74) is 0. The number of hydrogen-bond acceptors (Lipinski definition) is 6. The summed E-state index contributed by atoms with van der Waals surface area (Å²) in [4.78, 5) is 25.3. The van der Waals surface area contributed by atoms with Crippen LogP contribution >= 0.6 is 7.82 Å². The molecule has 0 spiro atoms. The van der Waals surface area contributed by atoms with Gasteiger partial charge in [-0.05, 0) is 57.8 Å². The van der Waals surface area contributed by atoms with Crippen LogP contribution in [-0.4, -0.2) is 68.5 Å². The van der Waals surface area contributed by atoms with E-state index in [0.29, 0.717) is 17.4 Å². The third-order valence-electron chi connectivity index (χ3n) is 10.6. The summed E-state index contributed by atoms with van der Waals surface area (Å²) in [6.45, 7) is 4.62. The highest BCUT2D eigenvalue weighted by Gasteiger charge is 2.23. The Kier molecular flexibility index (Phi) is 39.2. The molecule has 3 atom stereocenters. The lowest BCUT2D eigenvalue weighted by Gasteiger charge is -2.29. The SMILES string of the molecule is CCCCCCCC/C=C\CCCCCCCC(=O)NC(COP(=O)([O-])OCC[N+](C)(C)C)C(O)/C=C/CC/C=C/CCCCCCCCCCCCCCCC. The van der Waals surface area contributed by atoms with E-state index in [1.165, 1.54) is 141 Å². The standard InChI is InChI=1S/C48H93N2O6P/c1-6-8-10-12-14-16-18-20-22-23-24-25-26-28-29-31-33-35-37-39-41-47(51)46(45-56-57(53,54)55-44-43-50(3,4)5)49-48(52)42-40-38-36-34-32-30-27-21-19-17-15-13-11-9-7-2/h21,27,31,33,39,41,46-47,51H,6-20,22-26,28-30,32,34-38,40,42-45H2,1-5H3,(H-,49,52,53,54)/b27-21-,33-31+,41-39+. The topological polar surface area (TPSA) is 108 Å². The van der Waals surface area contributed by atoms with E-state index in [9.17, 15) is 19.4 Å². The fourth-order valence-corrected chi connectivity index (χ4v) is 7.47. The number of hydrogen-bond donors (Lipinski definition) is 2. The second-order valence-corrected chi connectivity index (χ2v) is 18.9. The van der Waals surface area contributed by atoms with Crippen LogP contribution in [0.4, 0.5) is 0 Å². The number of nitrogens with one attached hydrogen (secondary N) is 1. The van der Waals surface area contributed by atoms with Crippen LogP contribution in [0, 0.1) is 0 Å². The minimum atomic E-state index is -4.60. The van der Waals surface area contributed by atoms with Gasteiger partial charge in [0.15, 0.2) is 0 Å². The number of unbranched alkanes of at least 4 members (excludes halogenated alkanes) is 26. The normalized spacial score (nSPS) is 14.6. The summed E-state index contributed by atoms with van der Waals surface area (Å²) in [6, 6.07) is -0.906. The van der Waals surface area contributed by atoms with Gasteiger partial charge in [-0.25, -0.2) is 0 Å². The molecule has 0 bridgehead atoms. The molecule has 8 nitrogen and oxygen atoms in total. The first-order valence-electron chi connectivity index (χ1n) is 23.9. The molecule has 0 aromatic carbocycles. The molecule has 3 unspecified atom stereocenters. The maximum Gasteiger partial charge on any atom is 0.268 e. The van der Waals surface area contributed by atoms with Crippen molar-refractivity contribution in [3.8, 4) is 0 Å². The van der Waals surface area contributed by atoms with Gasteiger partial charge in [0.2, 0.25) is 5.91 Å². The van der Waals surface area contributed by atoms with Crippen molar-refractivity contribution in [2.45, 2.75) is 225 Å². The van der Waals surface area contributed by atoms with Crippen molar-refractivity contribution in [2.24, 2.45) is 0 Å². The van der Waals surface area contributed by atoms with Crippen LogP contribution in [0.5, 0.6) is 0 Å². The fourth-order valence-electron chi connectivity index (χ4n) is 6.75. The Labute approximate surface area is 353 Å². The first kappa shape index (κ1) is 55.7. The van der Waals surface area contributed by atoms with Crippen LogP contribution in [0.15, 0.2) is 36.5 Å². The molecule has 0 aliphatic carbocycles. The third kappa shape index (κ3) is 42.6. The summed E-state index contributed by atoms with van der Waals surface area (Å²) >= 11 is 0. The lowest BCUT2D eigenvalue weighted by molar-refractivity contribution is -0.870. The molecule has 0 radical (unpaired) electrons. The number of amides is 1. The predicted octanol–water partition coefficient (Wildman–Crippen LogP) is 12.8. The van der Waals surface area contributed by atoms with Crippen molar-refractivity contribution >= 4 is 13.7 Å². The Morgan fingerprint density at radius 2 is 0.982 bits per heavy atom. The van der Waals surface area contributed by atoms with E-state index in [-0.39, 0.29) is 12.5 Å². The molecule has 0 rings (SSSR count). The number of nitrogens with zero attached hydrogens (tertiary/aromatic N) is 1. The number of phosphoric acid groups is 1. The molecule has 336 valence electrons. The Balaban J connectivity index is 4.43. The molecular formula is C48H93N2O6P. The highest BCUT2D eigenvalue weighted by molar-refractivity contribution is 7.45. The van der Waals surface area contributed by atoms with Gasteiger partial charge in [-0.3, -0.25) is 9.36 Å². The zero-order valence-electron chi connectivity index (χ0n) is 38.0. The first-order chi connectivity index (χ1) is 27.5. The van der Waals surface area contributed by atoms with Crippen LogP contribution in [0.2, 0.25) is 0 Å². The summed E-state index contributed by atoms with van der Waals surface area (Å²) in [7, 11) is 1.24. The molecular weight excluding hydrogens is 732 g/mol. The van der Waals surface area contributed by atoms with Gasteiger partial charge in [0.05, 0.1) is 39.9 Å². The molecule has 9 heteroatoms. The quantitative estimate of drug-likeness (QED) is 0.0274. The largest absolute Gasteiger partial charge is 0.756 e. The number of carbonyl (C=O) groups excluding carboxylic acids is 1. The molecule has 0 aromatic rings. The first-order valence-corrected chi connectivity index (χ1v) is 25.3. The van der Waals surface area contributed by atoms with Crippen molar-refractivity contribution in [3.63, 3.8) is 0 Å². The van der Waals surface area contributed by atoms with Gasteiger partial charge in [0.25, 0.3) is 7.82 Å². The zero-order valence-corrected chi connectivity index (χ0v) is 38.9. The summed E-state index contributed by atoms with van der Waals surface area (Å²) in [5.74, 6) is -0.216. The number of allylic oxidation sites excluding steroid dienone is 5. The maximum absolute atomic E-state index is 12.9. The smallest absolute Gasteiger partial charge is 0.268 e. The van der Waals surface area contributed by atoms with E-state index in [4.69, 9.17) is 9.05 Å². The monoisotopic (exact) mass is 825 g/mol. The van der Waals surface area contributed by atoms with Crippen molar-refractivity contribution < 1.29 is 32.9 Å². The number of phosphoric ester groups is 1. The van der Waals surface area contributed by atoms with Crippen molar-refractivity contribution in [2.75, 3.05) is 40.9 Å². The van der Waals surface area contributed by atoms with Crippen molar-refractivity contribution in [3.05, 3.63) is 36.5 Å². The number of quaternary nitrogens is 1. The van der Waals surface area contributed by atoms with E-state index in [0.717, 1.165) is 51.4 Å². The molecule has 0 aliphatic rings. The molecule has 0 saturated heterocycles. The van der Waals surface area contributed by atoms with Crippen LogP contribution in [0.25, 0.3) is 0 Å². The van der Waals surface area contributed by atoms with Crippen LogP contribution in [-0.2, 0) is 18.4 Å². The Bertz CT molecular complexity index is 1030. The third-order valence-corrected chi connectivity index (χ3v) is 11.5. The summed E-state index contributed by atoms with van der Waals surface area (Å²) in [6.07, 6.45) is 49.1. The molecule has 0 aromatic heterocycles. The van der Waals surface area contributed by atoms with E-state index in [2.05, 4.69) is 43.5 Å². The van der Waals surface area contributed by atoms with Gasteiger partial charge >= 0.3 is 0 Å². The molecule has 2 N–H and O–H groups in total. The van der Waals surface area contributed by atoms with Crippen molar-refractivity contribution in [1.82, 2.24) is 5.32 Å². The lowest BCUT2D eigenvalue weighted by atomic mass is 10.0. The van der Waals surface area contributed by atoms with Gasteiger partial charge in [0.1, 0.15) is 13.2 Å². The number of aliphatic hydroxyl groups excluding tert-OH is 1. The van der Waals surface area contributed by atoms with Gasteiger partial charge in [0, 0.05) is 6.42 Å². The van der Waals surface area contributed by atoms with Gasteiger partial charge in [-0.2, -0.15) is 0 Å². The van der Waals surface area contributed by atoms with Gasteiger partial charge in [-0.1, -0.05) is 185 Å². The summed E-state index contributed by atoms with van der Waals surface area (Å²) < 4.78 is 23.2.